The molecule has 4 nitrogen and oxygen atoms in total. The van der Waals surface area contributed by atoms with Crippen molar-refractivity contribution in [2.75, 3.05) is 6.61 Å². The number of hydrogen-bond acceptors (Lipinski definition) is 3. The third-order valence-electron chi connectivity index (χ3n) is 3.03. The number of ketones is 1. The lowest BCUT2D eigenvalue weighted by molar-refractivity contribution is -0.127. The molecule has 1 aliphatic heterocycles. The molecule has 0 aromatic rings. The highest BCUT2D eigenvalue weighted by Gasteiger charge is 2.54. The molecule has 1 amide bonds. The number of fused-ring (bicyclic) bond motifs is 1. The van der Waals surface area contributed by atoms with E-state index in [4.69, 9.17) is 4.74 Å². The van der Waals surface area contributed by atoms with Crippen LogP contribution in [-0.4, -0.2) is 29.9 Å². The molecule has 1 saturated heterocycles. The lowest BCUT2D eigenvalue weighted by Gasteiger charge is -2.26. The van der Waals surface area contributed by atoms with Gasteiger partial charge < -0.3 is 10.1 Å². The number of carbonyl (C=O) groups is 2. The predicted molar refractivity (Wildman–Crippen MR) is 49.7 cm³/mol. The van der Waals surface area contributed by atoms with E-state index in [2.05, 4.69) is 11.9 Å². The summed E-state index contributed by atoms with van der Waals surface area (Å²) >= 11 is 0. The summed E-state index contributed by atoms with van der Waals surface area (Å²) in [5.41, 5.74) is -0.745. The molecule has 0 bridgehead atoms. The topological polar surface area (TPSA) is 55.4 Å². The van der Waals surface area contributed by atoms with Crippen molar-refractivity contribution in [1.82, 2.24) is 5.32 Å². The zero-order valence-corrected chi connectivity index (χ0v) is 7.91. The number of ether oxygens (including phenoxy) is 1. The molecular weight excluding hydrogens is 182 g/mol. The summed E-state index contributed by atoms with van der Waals surface area (Å²) < 4.78 is 5.34. The maximum absolute atomic E-state index is 11.7. The fourth-order valence-corrected chi connectivity index (χ4v) is 2.31. The van der Waals surface area contributed by atoms with Crippen LogP contribution in [0.15, 0.2) is 12.7 Å². The Balaban J connectivity index is 2.22. The number of amides is 1. The van der Waals surface area contributed by atoms with Crippen LogP contribution >= 0.6 is 0 Å². The van der Waals surface area contributed by atoms with E-state index in [0.717, 1.165) is 12.8 Å². The molecule has 0 aromatic carbocycles. The Morgan fingerprint density at radius 1 is 1.71 bits per heavy atom. The van der Waals surface area contributed by atoms with E-state index in [9.17, 15) is 9.59 Å². The first kappa shape index (κ1) is 9.40. The monoisotopic (exact) mass is 195 g/mol. The minimum atomic E-state index is -0.745. The Bertz CT molecular complexity index is 300. The Morgan fingerprint density at radius 3 is 3.21 bits per heavy atom. The van der Waals surface area contributed by atoms with Crippen molar-refractivity contribution < 1.29 is 14.3 Å². The normalized spacial score (nSPS) is 35.4. The standard InChI is InChI=1S/C10H13NO3/c1-2-9(13)11-10-5-3-4-8(10)14-6-7(10)12/h2,8H,1,3-6H2,(H,11,13). The molecule has 76 valence electrons. The van der Waals surface area contributed by atoms with Crippen LogP contribution in [0.3, 0.4) is 0 Å². The van der Waals surface area contributed by atoms with E-state index >= 15 is 0 Å². The molecule has 0 radical (unpaired) electrons. The summed E-state index contributed by atoms with van der Waals surface area (Å²) in [7, 11) is 0. The van der Waals surface area contributed by atoms with Gasteiger partial charge in [-0.15, -0.1) is 0 Å². The Kier molecular flexibility index (Phi) is 2.15. The molecule has 0 spiro atoms. The van der Waals surface area contributed by atoms with Crippen LogP contribution < -0.4 is 5.32 Å². The van der Waals surface area contributed by atoms with E-state index in [1.165, 1.54) is 6.08 Å². The fourth-order valence-electron chi connectivity index (χ4n) is 2.31. The quantitative estimate of drug-likeness (QED) is 0.639. The van der Waals surface area contributed by atoms with Gasteiger partial charge in [0.25, 0.3) is 0 Å². The van der Waals surface area contributed by atoms with Crippen molar-refractivity contribution in [2.24, 2.45) is 0 Å². The number of Topliss-reactive ketones (excluding diaryl/α,β-unsaturated/α-hetero) is 1. The van der Waals surface area contributed by atoms with Crippen LogP contribution in [-0.2, 0) is 14.3 Å². The van der Waals surface area contributed by atoms with E-state index in [1.54, 1.807) is 0 Å². The van der Waals surface area contributed by atoms with Gasteiger partial charge in [-0.25, -0.2) is 0 Å². The van der Waals surface area contributed by atoms with Crippen LogP contribution in [0.5, 0.6) is 0 Å². The van der Waals surface area contributed by atoms with Crippen molar-refractivity contribution in [2.45, 2.75) is 30.9 Å². The largest absolute Gasteiger partial charge is 0.367 e. The zero-order valence-electron chi connectivity index (χ0n) is 7.91. The highest BCUT2D eigenvalue weighted by Crippen LogP contribution is 2.37. The van der Waals surface area contributed by atoms with Gasteiger partial charge in [0.15, 0.2) is 5.78 Å². The van der Waals surface area contributed by atoms with Crippen LogP contribution in [0.25, 0.3) is 0 Å². The number of carbonyl (C=O) groups excluding carboxylic acids is 2. The van der Waals surface area contributed by atoms with Gasteiger partial charge >= 0.3 is 0 Å². The molecule has 1 aliphatic carbocycles. The van der Waals surface area contributed by atoms with Gasteiger partial charge in [0.05, 0.1) is 6.10 Å². The van der Waals surface area contributed by atoms with Crippen LogP contribution in [0.1, 0.15) is 19.3 Å². The summed E-state index contributed by atoms with van der Waals surface area (Å²) in [5, 5.41) is 2.72. The second kappa shape index (κ2) is 3.20. The van der Waals surface area contributed by atoms with Gasteiger partial charge in [0.2, 0.25) is 5.91 Å². The average molecular weight is 195 g/mol. The first-order valence-electron chi connectivity index (χ1n) is 4.78. The van der Waals surface area contributed by atoms with Gasteiger partial charge in [-0.1, -0.05) is 6.58 Å². The minimum Gasteiger partial charge on any atom is -0.367 e. The Morgan fingerprint density at radius 2 is 2.50 bits per heavy atom. The van der Waals surface area contributed by atoms with E-state index in [0.29, 0.717) is 6.42 Å². The van der Waals surface area contributed by atoms with Crippen molar-refractivity contribution >= 4 is 11.7 Å². The number of nitrogens with one attached hydrogen (secondary N) is 1. The highest BCUT2D eigenvalue weighted by molar-refractivity contribution is 5.98. The smallest absolute Gasteiger partial charge is 0.244 e. The second-order valence-electron chi connectivity index (χ2n) is 3.78. The molecule has 0 aromatic heterocycles. The first-order chi connectivity index (χ1) is 6.69. The molecule has 2 fully saturated rings. The Labute approximate surface area is 82.3 Å². The van der Waals surface area contributed by atoms with E-state index in [1.807, 2.05) is 0 Å². The predicted octanol–water partition coefficient (Wildman–Crippen LogP) is 0.179. The van der Waals surface area contributed by atoms with Crippen LogP contribution in [0, 0.1) is 0 Å². The number of hydrogen-bond donors (Lipinski definition) is 1. The SMILES string of the molecule is C=CC(=O)NC12CCCC1OCC2=O. The third kappa shape index (κ3) is 1.18. The molecule has 2 rings (SSSR count). The highest BCUT2D eigenvalue weighted by atomic mass is 16.5. The van der Waals surface area contributed by atoms with Gasteiger partial charge in [-0.05, 0) is 25.3 Å². The number of rotatable bonds is 2. The molecule has 2 unspecified atom stereocenters. The molecule has 2 aliphatic rings. The third-order valence-corrected chi connectivity index (χ3v) is 3.03. The summed E-state index contributed by atoms with van der Waals surface area (Å²) in [5.74, 6) is -0.300. The average Bonchev–Trinajstić information content (AvgIpc) is 2.68. The molecular formula is C10H13NO3. The lowest BCUT2D eigenvalue weighted by Crippen LogP contribution is -2.55. The van der Waals surface area contributed by atoms with Gasteiger partial charge in [-0.3, -0.25) is 9.59 Å². The molecule has 4 heteroatoms. The fraction of sp³-hybridized carbons (Fsp3) is 0.600. The molecule has 1 heterocycles. The summed E-state index contributed by atoms with van der Waals surface area (Å²) in [4.78, 5) is 22.9. The van der Waals surface area contributed by atoms with Crippen LogP contribution in [0.4, 0.5) is 0 Å². The van der Waals surface area contributed by atoms with Gasteiger partial charge in [0.1, 0.15) is 12.1 Å². The van der Waals surface area contributed by atoms with Crippen molar-refractivity contribution in [3.63, 3.8) is 0 Å². The zero-order chi connectivity index (χ0) is 10.2. The van der Waals surface area contributed by atoms with Gasteiger partial charge in [0, 0.05) is 0 Å². The van der Waals surface area contributed by atoms with E-state index < -0.39 is 5.54 Å². The summed E-state index contributed by atoms with van der Waals surface area (Å²) in [6, 6.07) is 0. The van der Waals surface area contributed by atoms with Crippen molar-refractivity contribution in [3.05, 3.63) is 12.7 Å². The van der Waals surface area contributed by atoms with Gasteiger partial charge in [-0.2, -0.15) is 0 Å². The summed E-state index contributed by atoms with van der Waals surface area (Å²) in [6.45, 7) is 3.50. The molecule has 1 saturated carbocycles. The van der Waals surface area contributed by atoms with Crippen molar-refractivity contribution in [1.29, 1.82) is 0 Å². The van der Waals surface area contributed by atoms with Crippen LogP contribution in [0.2, 0.25) is 0 Å². The second-order valence-corrected chi connectivity index (χ2v) is 3.78. The molecule has 14 heavy (non-hydrogen) atoms. The van der Waals surface area contributed by atoms with E-state index in [-0.39, 0.29) is 24.4 Å². The minimum absolute atomic E-state index is 0.00444. The Hall–Kier alpha value is -1.16. The summed E-state index contributed by atoms with van der Waals surface area (Å²) in [6.07, 6.45) is 3.53. The molecule has 1 N–H and O–H groups in total. The lowest BCUT2D eigenvalue weighted by atomic mass is 9.92. The maximum Gasteiger partial charge on any atom is 0.244 e. The first-order valence-corrected chi connectivity index (χ1v) is 4.78. The van der Waals surface area contributed by atoms with Crippen molar-refractivity contribution in [3.8, 4) is 0 Å². The molecule has 2 atom stereocenters. The maximum atomic E-state index is 11.7.